The van der Waals surface area contributed by atoms with Crippen LogP contribution in [0, 0.1) is 18.7 Å². The molecule has 3 aromatic heterocycles. The molecule has 5 heteroatoms. The van der Waals surface area contributed by atoms with Gasteiger partial charge in [0.05, 0.1) is 11.0 Å². The Bertz CT molecular complexity index is 1800. The average molecular weight is 531 g/mol. The highest BCUT2D eigenvalue weighted by Crippen LogP contribution is 2.32. The van der Waals surface area contributed by atoms with Crippen molar-refractivity contribution in [3.63, 3.8) is 0 Å². The molecular weight excluding hydrogens is 495 g/mol. The Morgan fingerprint density at radius 3 is 2.75 bits per heavy atom. The lowest BCUT2D eigenvalue weighted by Crippen LogP contribution is -2.21. The molecule has 0 bridgehead atoms. The van der Waals surface area contributed by atoms with Crippen molar-refractivity contribution in [2.45, 2.75) is 52.4 Å². The smallest absolute Gasteiger partial charge is 0.124 e. The molecule has 0 spiro atoms. The molecule has 1 aliphatic rings. The molecule has 1 fully saturated rings. The summed E-state index contributed by atoms with van der Waals surface area (Å²) in [6.07, 6.45) is 16.0. The van der Waals surface area contributed by atoms with E-state index in [1.54, 1.807) is 12.1 Å². The molecule has 5 aromatic rings. The highest BCUT2D eigenvalue weighted by molar-refractivity contribution is 5.98. The molecule has 6 rings (SSSR count). The molecule has 0 aliphatic heterocycles. The lowest BCUT2D eigenvalue weighted by Gasteiger charge is -2.21. The minimum atomic E-state index is -0.231. The number of hydrogen-bond acceptors (Lipinski definition) is 2. The van der Waals surface area contributed by atoms with Crippen LogP contribution in [0.15, 0.2) is 67.0 Å². The molecule has 1 saturated carbocycles. The van der Waals surface area contributed by atoms with Gasteiger partial charge in [-0.25, -0.2) is 4.39 Å². The van der Waals surface area contributed by atoms with Crippen molar-refractivity contribution in [3.05, 3.63) is 100 Å². The van der Waals surface area contributed by atoms with Crippen LogP contribution < -0.4 is 10.6 Å². The number of aromatic amines is 2. The first kappa shape index (κ1) is 26.0. The first-order valence-electron chi connectivity index (χ1n) is 14.2. The molecule has 202 valence electrons. The van der Waals surface area contributed by atoms with E-state index in [9.17, 15) is 4.39 Å². The summed E-state index contributed by atoms with van der Waals surface area (Å²) in [4.78, 5) is 8.02. The van der Waals surface area contributed by atoms with Crippen LogP contribution >= 0.6 is 0 Å². The van der Waals surface area contributed by atoms with Gasteiger partial charge in [-0.05, 0) is 96.0 Å². The van der Waals surface area contributed by atoms with Crippen LogP contribution in [0.2, 0.25) is 0 Å². The summed E-state index contributed by atoms with van der Waals surface area (Å²) in [5.41, 5.74) is 8.96. The molecule has 0 atom stereocenters. The van der Waals surface area contributed by atoms with Gasteiger partial charge in [0.1, 0.15) is 11.5 Å². The fraction of sp³-hybridized carbons (Fsp3) is 0.257. The van der Waals surface area contributed by atoms with Crippen molar-refractivity contribution < 1.29 is 4.39 Å². The zero-order valence-corrected chi connectivity index (χ0v) is 23.2. The number of halogens is 1. The largest absolute Gasteiger partial charge is 0.353 e. The van der Waals surface area contributed by atoms with Gasteiger partial charge in [-0.1, -0.05) is 63.0 Å². The van der Waals surface area contributed by atoms with Gasteiger partial charge >= 0.3 is 0 Å². The van der Waals surface area contributed by atoms with E-state index in [0.29, 0.717) is 0 Å². The highest BCUT2D eigenvalue weighted by atomic mass is 19.1. The van der Waals surface area contributed by atoms with Crippen molar-refractivity contribution in [2.24, 2.45) is 5.92 Å². The molecule has 2 aromatic carbocycles. The van der Waals surface area contributed by atoms with E-state index in [4.69, 9.17) is 0 Å². The van der Waals surface area contributed by atoms with Crippen LogP contribution in [0.1, 0.15) is 55.7 Å². The monoisotopic (exact) mass is 530 g/mol. The van der Waals surface area contributed by atoms with Crippen LogP contribution in [0.5, 0.6) is 0 Å². The number of fused-ring (bicyclic) bond motifs is 1. The summed E-state index contributed by atoms with van der Waals surface area (Å²) in [6, 6.07) is 15.5. The minimum Gasteiger partial charge on any atom is -0.353 e. The Hall–Kier alpha value is -4.25. The third-order valence-corrected chi connectivity index (χ3v) is 8.17. The molecule has 4 nitrogen and oxygen atoms in total. The van der Waals surface area contributed by atoms with Crippen LogP contribution in [0.3, 0.4) is 0 Å². The standard InChI is InChI=1S/C35H35FN4/c1-22-14-27(18-29(36)15-22)30-10-7-11-33-31(30)19-34(38-33)35-24(3)32(39-40-35)13-12-23(2)28-17-26(20-37-21-28)16-25-8-5-4-6-9-25/h7,10-15,17-21,25,38-39H,3-6,8-9,16H2,1-2H3/b23-12+,32-13+. The van der Waals surface area contributed by atoms with Crippen LogP contribution in [-0.4, -0.2) is 20.2 Å². The maximum absolute atomic E-state index is 14.2. The van der Waals surface area contributed by atoms with Crippen LogP contribution in [0.4, 0.5) is 4.39 Å². The van der Waals surface area contributed by atoms with E-state index in [-0.39, 0.29) is 5.82 Å². The van der Waals surface area contributed by atoms with Gasteiger partial charge in [0.2, 0.25) is 0 Å². The first-order chi connectivity index (χ1) is 19.4. The molecule has 2 N–H and O–H groups in total. The van der Waals surface area contributed by atoms with Crippen LogP contribution in [0.25, 0.3) is 51.6 Å². The number of benzene rings is 2. The number of aromatic nitrogens is 4. The van der Waals surface area contributed by atoms with Gasteiger partial charge in [0, 0.05) is 28.5 Å². The van der Waals surface area contributed by atoms with Crippen molar-refractivity contribution in [1.82, 2.24) is 20.2 Å². The number of H-pyrrole nitrogens is 2. The zero-order chi connectivity index (χ0) is 27.6. The molecule has 0 saturated heterocycles. The predicted molar refractivity (Wildman–Crippen MR) is 163 cm³/mol. The van der Waals surface area contributed by atoms with Crippen LogP contribution in [-0.2, 0) is 6.42 Å². The number of pyridine rings is 1. The van der Waals surface area contributed by atoms with E-state index >= 15 is 0 Å². The van der Waals surface area contributed by atoms with E-state index in [1.165, 1.54) is 37.7 Å². The van der Waals surface area contributed by atoms with Gasteiger partial charge < -0.3 is 4.98 Å². The lowest BCUT2D eigenvalue weighted by atomic mass is 9.85. The zero-order valence-electron chi connectivity index (χ0n) is 23.2. The second-order valence-corrected chi connectivity index (χ2v) is 11.2. The Labute approximate surface area is 234 Å². The third-order valence-electron chi connectivity index (χ3n) is 8.17. The Morgan fingerprint density at radius 2 is 1.93 bits per heavy atom. The number of aryl methyl sites for hydroxylation is 1. The maximum Gasteiger partial charge on any atom is 0.124 e. The first-order valence-corrected chi connectivity index (χ1v) is 14.2. The SMILES string of the molecule is C=c1c(-c2cc3c(-c4cc(C)cc(F)c4)cccc3[nH]2)n[nH]/c1=C/C=C(\C)c1cncc(CC2CCCCC2)c1. The van der Waals surface area contributed by atoms with E-state index < -0.39 is 0 Å². The topological polar surface area (TPSA) is 57.4 Å². The van der Waals surface area contributed by atoms with Gasteiger partial charge in [-0.2, -0.15) is 5.10 Å². The number of nitrogens with zero attached hydrogens (tertiary/aromatic N) is 2. The van der Waals surface area contributed by atoms with Crippen molar-refractivity contribution in [1.29, 1.82) is 0 Å². The Morgan fingerprint density at radius 1 is 1.07 bits per heavy atom. The second-order valence-electron chi connectivity index (χ2n) is 11.2. The highest BCUT2D eigenvalue weighted by Gasteiger charge is 2.15. The summed E-state index contributed by atoms with van der Waals surface area (Å²) in [7, 11) is 0. The molecular formula is C35H35FN4. The fourth-order valence-electron chi connectivity index (χ4n) is 6.01. The summed E-state index contributed by atoms with van der Waals surface area (Å²) in [5.74, 6) is 0.558. The number of allylic oxidation sites excluding steroid dienone is 2. The molecule has 0 amide bonds. The molecule has 0 unspecified atom stereocenters. The average Bonchev–Trinajstić information content (AvgIpc) is 3.54. The Kier molecular flexibility index (Phi) is 7.21. The normalized spacial score (nSPS) is 15.3. The minimum absolute atomic E-state index is 0.231. The van der Waals surface area contributed by atoms with Crippen molar-refractivity contribution in [3.8, 4) is 22.5 Å². The summed E-state index contributed by atoms with van der Waals surface area (Å²) in [6.45, 7) is 8.35. The second kappa shape index (κ2) is 11.1. The molecule has 1 aliphatic carbocycles. The fourth-order valence-corrected chi connectivity index (χ4v) is 6.01. The number of rotatable bonds is 6. The maximum atomic E-state index is 14.2. The number of nitrogens with one attached hydrogen (secondary N) is 2. The molecule has 0 radical (unpaired) electrons. The quantitative estimate of drug-likeness (QED) is 0.239. The van der Waals surface area contributed by atoms with Gasteiger partial charge in [-0.15, -0.1) is 0 Å². The summed E-state index contributed by atoms with van der Waals surface area (Å²) < 4.78 is 14.2. The Balaban J connectivity index is 1.28. The number of hydrogen-bond donors (Lipinski definition) is 2. The van der Waals surface area contributed by atoms with Crippen molar-refractivity contribution in [2.75, 3.05) is 0 Å². The molecule has 40 heavy (non-hydrogen) atoms. The predicted octanol–water partition coefficient (Wildman–Crippen LogP) is 7.48. The lowest BCUT2D eigenvalue weighted by molar-refractivity contribution is 0.356. The van der Waals surface area contributed by atoms with E-state index in [0.717, 1.165) is 73.0 Å². The summed E-state index contributed by atoms with van der Waals surface area (Å²) >= 11 is 0. The van der Waals surface area contributed by atoms with E-state index in [2.05, 4.69) is 51.9 Å². The molecule has 3 heterocycles. The summed E-state index contributed by atoms with van der Waals surface area (Å²) in [5, 5.41) is 10.4. The van der Waals surface area contributed by atoms with E-state index in [1.807, 2.05) is 49.7 Å². The van der Waals surface area contributed by atoms with Gasteiger partial charge in [0.15, 0.2) is 0 Å². The van der Waals surface area contributed by atoms with Gasteiger partial charge in [0.25, 0.3) is 0 Å². The van der Waals surface area contributed by atoms with Crippen molar-refractivity contribution >= 4 is 29.1 Å². The third kappa shape index (κ3) is 5.42. The van der Waals surface area contributed by atoms with Gasteiger partial charge in [-0.3, -0.25) is 10.1 Å².